The average molecular weight is 275 g/mol. The van der Waals surface area contributed by atoms with Crippen molar-refractivity contribution in [3.05, 3.63) is 59.4 Å². The molecule has 0 spiro atoms. The summed E-state index contributed by atoms with van der Waals surface area (Å²) in [4.78, 5) is 1.96. The number of methoxy groups -OCH3 is 1. The molecule has 0 bridgehead atoms. The van der Waals surface area contributed by atoms with Gasteiger partial charge in [-0.1, -0.05) is 12.1 Å². The lowest BCUT2D eigenvalue weighted by Gasteiger charge is -2.16. The standard InChI is InChI=1S/C16H18FNO2/c1-18(2)12-6-4-11(5-7-12)16(19)14-9-8-13(20-3)10-15(14)17/h4-10,16,19H,1-3H3. The Labute approximate surface area is 118 Å². The molecule has 0 saturated carbocycles. The van der Waals surface area contributed by atoms with E-state index in [9.17, 15) is 9.50 Å². The lowest BCUT2D eigenvalue weighted by molar-refractivity contribution is 0.214. The Balaban J connectivity index is 2.28. The highest BCUT2D eigenvalue weighted by Crippen LogP contribution is 2.28. The molecular formula is C16H18FNO2. The molecule has 1 N–H and O–H groups in total. The van der Waals surface area contributed by atoms with Crippen LogP contribution in [0.15, 0.2) is 42.5 Å². The van der Waals surface area contributed by atoms with Crippen molar-refractivity contribution in [1.29, 1.82) is 0 Å². The third-order valence-corrected chi connectivity index (χ3v) is 3.23. The Kier molecular flexibility index (Phi) is 4.25. The van der Waals surface area contributed by atoms with Gasteiger partial charge in [-0.15, -0.1) is 0 Å². The molecule has 3 nitrogen and oxygen atoms in total. The predicted molar refractivity (Wildman–Crippen MR) is 77.8 cm³/mol. The van der Waals surface area contributed by atoms with Crippen LogP contribution in [-0.2, 0) is 0 Å². The molecule has 4 heteroatoms. The van der Waals surface area contributed by atoms with Crippen molar-refractivity contribution in [2.24, 2.45) is 0 Å². The first-order valence-corrected chi connectivity index (χ1v) is 6.31. The molecular weight excluding hydrogens is 257 g/mol. The first kappa shape index (κ1) is 14.3. The highest BCUT2D eigenvalue weighted by molar-refractivity contribution is 5.47. The van der Waals surface area contributed by atoms with Crippen LogP contribution in [0.5, 0.6) is 5.75 Å². The lowest BCUT2D eigenvalue weighted by Crippen LogP contribution is -2.09. The smallest absolute Gasteiger partial charge is 0.133 e. The third kappa shape index (κ3) is 2.91. The molecule has 0 aliphatic rings. The van der Waals surface area contributed by atoms with E-state index in [-0.39, 0.29) is 5.56 Å². The number of halogens is 1. The van der Waals surface area contributed by atoms with Crippen LogP contribution in [0.1, 0.15) is 17.2 Å². The van der Waals surface area contributed by atoms with E-state index in [0.29, 0.717) is 11.3 Å². The minimum absolute atomic E-state index is 0.239. The summed E-state index contributed by atoms with van der Waals surface area (Å²) >= 11 is 0. The number of anilines is 1. The third-order valence-electron chi connectivity index (χ3n) is 3.23. The summed E-state index contributed by atoms with van der Waals surface area (Å²) in [6.07, 6.45) is -0.989. The molecule has 2 rings (SSSR count). The second-order valence-corrected chi connectivity index (χ2v) is 4.78. The number of aliphatic hydroxyl groups is 1. The zero-order chi connectivity index (χ0) is 14.7. The Morgan fingerprint density at radius 3 is 2.25 bits per heavy atom. The van der Waals surface area contributed by atoms with E-state index in [0.717, 1.165) is 5.69 Å². The molecule has 0 saturated heterocycles. The Bertz CT molecular complexity index is 582. The van der Waals surface area contributed by atoms with Crippen molar-refractivity contribution < 1.29 is 14.2 Å². The maximum atomic E-state index is 13.9. The van der Waals surface area contributed by atoms with Gasteiger partial charge in [-0.25, -0.2) is 4.39 Å². The average Bonchev–Trinajstić information content (AvgIpc) is 2.46. The number of nitrogens with zero attached hydrogens (tertiary/aromatic N) is 1. The quantitative estimate of drug-likeness (QED) is 0.931. The first-order valence-electron chi connectivity index (χ1n) is 6.31. The van der Waals surface area contributed by atoms with E-state index in [1.54, 1.807) is 24.3 Å². The van der Waals surface area contributed by atoms with Crippen LogP contribution >= 0.6 is 0 Å². The second kappa shape index (κ2) is 5.92. The fraction of sp³-hybridized carbons (Fsp3) is 0.250. The van der Waals surface area contributed by atoms with Gasteiger partial charge in [-0.05, 0) is 29.8 Å². The van der Waals surface area contributed by atoms with Gasteiger partial charge in [0.25, 0.3) is 0 Å². The number of hydrogen-bond donors (Lipinski definition) is 1. The largest absolute Gasteiger partial charge is 0.497 e. The van der Waals surface area contributed by atoms with Gasteiger partial charge >= 0.3 is 0 Å². The summed E-state index contributed by atoms with van der Waals surface area (Å²) in [5.74, 6) is -0.0464. The molecule has 20 heavy (non-hydrogen) atoms. The summed E-state index contributed by atoms with van der Waals surface area (Å²) in [6.45, 7) is 0. The van der Waals surface area contributed by atoms with E-state index in [1.165, 1.54) is 13.2 Å². The van der Waals surface area contributed by atoms with Crippen LogP contribution in [0, 0.1) is 5.82 Å². The predicted octanol–water partition coefficient (Wildman–Crippen LogP) is 2.98. The maximum absolute atomic E-state index is 13.9. The van der Waals surface area contributed by atoms with Crippen molar-refractivity contribution >= 4 is 5.69 Å². The Morgan fingerprint density at radius 1 is 1.10 bits per heavy atom. The van der Waals surface area contributed by atoms with Crippen LogP contribution in [-0.4, -0.2) is 26.3 Å². The van der Waals surface area contributed by atoms with E-state index >= 15 is 0 Å². The van der Waals surface area contributed by atoms with Crippen molar-refractivity contribution in [2.45, 2.75) is 6.10 Å². The van der Waals surface area contributed by atoms with E-state index < -0.39 is 11.9 Å². The van der Waals surface area contributed by atoms with Crippen LogP contribution in [0.3, 0.4) is 0 Å². The molecule has 1 unspecified atom stereocenters. The van der Waals surface area contributed by atoms with Gasteiger partial charge in [0.2, 0.25) is 0 Å². The van der Waals surface area contributed by atoms with Gasteiger partial charge in [0, 0.05) is 31.4 Å². The van der Waals surface area contributed by atoms with Gasteiger partial charge in [-0.2, -0.15) is 0 Å². The molecule has 0 amide bonds. The van der Waals surface area contributed by atoms with Crippen LogP contribution in [0.4, 0.5) is 10.1 Å². The van der Waals surface area contributed by atoms with E-state index in [2.05, 4.69) is 0 Å². The molecule has 0 aliphatic carbocycles. The number of ether oxygens (including phenoxy) is 1. The fourth-order valence-electron chi connectivity index (χ4n) is 1.99. The van der Waals surface area contributed by atoms with Gasteiger partial charge in [0.05, 0.1) is 7.11 Å². The second-order valence-electron chi connectivity index (χ2n) is 4.78. The van der Waals surface area contributed by atoms with Gasteiger partial charge < -0.3 is 14.7 Å². The van der Waals surface area contributed by atoms with E-state index in [4.69, 9.17) is 4.74 Å². The van der Waals surface area contributed by atoms with Gasteiger partial charge in [0.15, 0.2) is 0 Å². The summed E-state index contributed by atoms with van der Waals surface area (Å²) in [5, 5.41) is 10.3. The van der Waals surface area contributed by atoms with Crippen LogP contribution < -0.4 is 9.64 Å². The Morgan fingerprint density at radius 2 is 1.75 bits per heavy atom. The van der Waals surface area contributed by atoms with Crippen LogP contribution in [0.2, 0.25) is 0 Å². The van der Waals surface area contributed by atoms with Crippen molar-refractivity contribution in [1.82, 2.24) is 0 Å². The van der Waals surface area contributed by atoms with Gasteiger partial charge in [-0.3, -0.25) is 0 Å². The van der Waals surface area contributed by atoms with Crippen molar-refractivity contribution in [3.63, 3.8) is 0 Å². The maximum Gasteiger partial charge on any atom is 0.133 e. The molecule has 106 valence electrons. The number of aliphatic hydroxyl groups excluding tert-OH is 1. The zero-order valence-corrected chi connectivity index (χ0v) is 11.8. The molecule has 0 aromatic heterocycles. The molecule has 0 radical (unpaired) electrons. The highest BCUT2D eigenvalue weighted by atomic mass is 19.1. The fourth-order valence-corrected chi connectivity index (χ4v) is 1.99. The molecule has 2 aromatic carbocycles. The SMILES string of the molecule is COc1ccc(C(O)c2ccc(N(C)C)cc2)c(F)c1. The monoisotopic (exact) mass is 275 g/mol. The molecule has 0 fully saturated rings. The summed E-state index contributed by atoms with van der Waals surface area (Å²) in [6, 6.07) is 11.8. The number of rotatable bonds is 4. The van der Waals surface area contributed by atoms with E-state index in [1.807, 2.05) is 31.1 Å². The number of hydrogen-bond acceptors (Lipinski definition) is 3. The Hall–Kier alpha value is -2.07. The molecule has 0 aliphatic heterocycles. The molecule has 2 aromatic rings. The summed E-state index contributed by atoms with van der Waals surface area (Å²) < 4.78 is 18.9. The minimum atomic E-state index is -0.989. The zero-order valence-electron chi connectivity index (χ0n) is 11.8. The lowest BCUT2D eigenvalue weighted by atomic mass is 10.0. The summed E-state index contributed by atoms with van der Waals surface area (Å²) in [5.41, 5.74) is 1.92. The van der Waals surface area contributed by atoms with Crippen molar-refractivity contribution in [2.75, 3.05) is 26.1 Å². The molecule has 1 atom stereocenters. The number of benzene rings is 2. The normalized spacial score (nSPS) is 12.1. The summed E-state index contributed by atoms with van der Waals surface area (Å²) in [7, 11) is 5.36. The van der Waals surface area contributed by atoms with Crippen LogP contribution in [0.25, 0.3) is 0 Å². The van der Waals surface area contributed by atoms with Crippen molar-refractivity contribution in [3.8, 4) is 5.75 Å². The minimum Gasteiger partial charge on any atom is -0.497 e. The highest BCUT2D eigenvalue weighted by Gasteiger charge is 2.15. The first-order chi connectivity index (χ1) is 9.52. The topological polar surface area (TPSA) is 32.7 Å². The molecule has 0 heterocycles. The van der Waals surface area contributed by atoms with Gasteiger partial charge in [0.1, 0.15) is 17.7 Å².